The molecule has 1 aromatic carbocycles. The lowest BCUT2D eigenvalue weighted by Gasteiger charge is -2.08. The van der Waals surface area contributed by atoms with Crippen molar-refractivity contribution in [3.63, 3.8) is 0 Å². The van der Waals surface area contributed by atoms with Gasteiger partial charge in [0.05, 0.1) is 12.0 Å². The number of nitrogens with zero attached hydrogens (tertiary/aromatic N) is 2. The van der Waals surface area contributed by atoms with E-state index in [-0.39, 0.29) is 0 Å². The standard InChI is InChI=1S/C12H14BrN3/c1-8-9(2)16(7-15-8)11-4-3-10(6-14)12(13)5-11/h3-5,7H,6,14H2,1-2H3. The van der Waals surface area contributed by atoms with E-state index in [1.165, 1.54) is 0 Å². The van der Waals surface area contributed by atoms with Gasteiger partial charge in [-0.2, -0.15) is 0 Å². The second-order valence-corrected chi connectivity index (χ2v) is 4.62. The van der Waals surface area contributed by atoms with Crippen LogP contribution in [0.3, 0.4) is 0 Å². The summed E-state index contributed by atoms with van der Waals surface area (Å²) in [6, 6.07) is 6.16. The molecule has 1 aromatic heterocycles. The molecule has 0 radical (unpaired) electrons. The fourth-order valence-corrected chi connectivity index (χ4v) is 2.14. The minimum atomic E-state index is 0.544. The largest absolute Gasteiger partial charge is 0.326 e. The summed E-state index contributed by atoms with van der Waals surface area (Å²) in [6.07, 6.45) is 1.84. The van der Waals surface area contributed by atoms with Crippen LogP contribution in [0.4, 0.5) is 0 Å². The van der Waals surface area contributed by atoms with Crippen molar-refractivity contribution >= 4 is 15.9 Å². The molecule has 16 heavy (non-hydrogen) atoms. The van der Waals surface area contributed by atoms with Gasteiger partial charge in [-0.15, -0.1) is 0 Å². The highest BCUT2D eigenvalue weighted by Crippen LogP contribution is 2.22. The van der Waals surface area contributed by atoms with Crippen LogP contribution in [0.15, 0.2) is 29.0 Å². The van der Waals surface area contributed by atoms with Crippen LogP contribution in [0.2, 0.25) is 0 Å². The van der Waals surface area contributed by atoms with Crippen LogP contribution in [0.25, 0.3) is 5.69 Å². The van der Waals surface area contributed by atoms with Gasteiger partial charge in [0.15, 0.2) is 0 Å². The molecule has 2 aromatic rings. The molecule has 0 fully saturated rings. The summed E-state index contributed by atoms with van der Waals surface area (Å²) in [6.45, 7) is 4.62. The predicted molar refractivity (Wildman–Crippen MR) is 68.6 cm³/mol. The first-order valence-corrected chi connectivity index (χ1v) is 5.92. The van der Waals surface area contributed by atoms with Gasteiger partial charge in [-0.05, 0) is 31.5 Å². The quantitative estimate of drug-likeness (QED) is 0.919. The first-order valence-electron chi connectivity index (χ1n) is 5.13. The minimum absolute atomic E-state index is 0.544. The number of aromatic nitrogens is 2. The molecule has 0 unspecified atom stereocenters. The van der Waals surface area contributed by atoms with E-state index in [0.717, 1.165) is 27.1 Å². The molecule has 2 rings (SSSR count). The number of hydrogen-bond donors (Lipinski definition) is 1. The maximum atomic E-state index is 5.62. The third kappa shape index (κ3) is 1.90. The number of benzene rings is 1. The zero-order chi connectivity index (χ0) is 11.7. The average molecular weight is 280 g/mol. The molecule has 0 saturated heterocycles. The van der Waals surface area contributed by atoms with E-state index in [1.54, 1.807) is 0 Å². The van der Waals surface area contributed by atoms with Gasteiger partial charge in [0, 0.05) is 22.4 Å². The Kier molecular flexibility index (Phi) is 3.12. The molecule has 0 atom stereocenters. The van der Waals surface area contributed by atoms with E-state index in [2.05, 4.69) is 44.5 Å². The zero-order valence-electron chi connectivity index (χ0n) is 9.37. The van der Waals surface area contributed by atoms with E-state index in [0.29, 0.717) is 6.54 Å². The van der Waals surface area contributed by atoms with E-state index in [9.17, 15) is 0 Å². The third-order valence-corrected chi connectivity index (χ3v) is 3.52. The molecule has 2 N–H and O–H groups in total. The van der Waals surface area contributed by atoms with Crippen LogP contribution in [0.5, 0.6) is 0 Å². The summed E-state index contributed by atoms with van der Waals surface area (Å²) < 4.78 is 3.11. The highest BCUT2D eigenvalue weighted by atomic mass is 79.9. The molecule has 0 aliphatic carbocycles. The molecule has 84 valence electrons. The number of rotatable bonds is 2. The molecular weight excluding hydrogens is 266 g/mol. The number of halogens is 1. The van der Waals surface area contributed by atoms with Gasteiger partial charge in [-0.25, -0.2) is 4.98 Å². The van der Waals surface area contributed by atoms with Gasteiger partial charge in [0.1, 0.15) is 0 Å². The van der Waals surface area contributed by atoms with Crippen LogP contribution >= 0.6 is 15.9 Å². The SMILES string of the molecule is Cc1ncn(-c2ccc(CN)c(Br)c2)c1C. The number of aryl methyl sites for hydroxylation is 1. The summed E-state index contributed by atoms with van der Waals surface area (Å²) in [5.74, 6) is 0. The summed E-state index contributed by atoms with van der Waals surface area (Å²) in [5, 5.41) is 0. The van der Waals surface area contributed by atoms with Gasteiger partial charge in [0.2, 0.25) is 0 Å². The van der Waals surface area contributed by atoms with Gasteiger partial charge in [0.25, 0.3) is 0 Å². The second kappa shape index (κ2) is 4.39. The predicted octanol–water partition coefficient (Wildman–Crippen LogP) is 2.71. The minimum Gasteiger partial charge on any atom is -0.326 e. The Hall–Kier alpha value is -1.13. The van der Waals surface area contributed by atoms with Crippen molar-refractivity contribution in [2.45, 2.75) is 20.4 Å². The van der Waals surface area contributed by atoms with Crippen molar-refractivity contribution in [3.8, 4) is 5.69 Å². The van der Waals surface area contributed by atoms with E-state index in [4.69, 9.17) is 5.73 Å². The van der Waals surface area contributed by atoms with Gasteiger partial charge in [-0.3, -0.25) is 0 Å². The normalized spacial score (nSPS) is 10.8. The number of hydrogen-bond acceptors (Lipinski definition) is 2. The van der Waals surface area contributed by atoms with Crippen molar-refractivity contribution in [3.05, 3.63) is 46.0 Å². The molecule has 3 nitrogen and oxygen atoms in total. The number of nitrogens with two attached hydrogens (primary N) is 1. The van der Waals surface area contributed by atoms with Gasteiger partial charge < -0.3 is 10.3 Å². The van der Waals surface area contributed by atoms with Crippen molar-refractivity contribution in [2.24, 2.45) is 5.73 Å². The van der Waals surface area contributed by atoms with Crippen molar-refractivity contribution in [2.75, 3.05) is 0 Å². The summed E-state index contributed by atoms with van der Waals surface area (Å²) in [7, 11) is 0. The van der Waals surface area contributed by atoms with Crippen LogP contribution in [-0.4, -0.2) is 9.55 Å². The van der Waals surface area contributed by atoms with Gasteiger partial charge in [-0.1, -0.05) is 22.0 Å². The maximum Gasteiger partial charge on any atom is 0.0997 e. The smallest absolute Gasteiger partial charge is 0.0997 e. The molecule has 1 heterocycles. The van der Waals surface area contributed by atoms with Crippen molar-refractivity contribution in [1.29, 1.82) is 0 Å². The lowest BCUT2D eigenvalue weighted by molar-refractivity contribution is 0.989. The fourth-order valence-electron chi connectivity index (χ4n) is 1.61. The summed E-state index contributed by atoms with van der Waals surface area (Å²) >= 11 is 3.52. The molecular formula is C12H14BrN3. The van der Waals surface area contributed by atoms with Crippen LogP contribution in [0.1, 0.15) is 17.0 Å². The van der Waals surface area contributed by atoms with Crippen molar-refractivity contribution < 1.29 is 0 Å². The average Bonchev–Trinajstić information content (AvgIpc) is 2.60. The van der Waals surface area contributed by atoms with E-state index < -0.39 is 0 Å². The van der Waals surface area contributed by atoms with Gasteiger partial charge >= 0.3 is 0 Å². The zero-order valence-corrected chi connectivity index (χ0v) is 11.0. The first kappa shape index (κ1) is 11.4. The van der Waals surface area contributed by atoms with Crippen LogP contribution in [-0.2, 0) is 6.54 Å². The number of imidazole rings is 1. The van der Waals surface area contributed by atoms with Crippen LogP contribution in [0, 0.1) is 13.8 Å². The summed E-state index contributed by atoms with van der Waals surface area (Å²) in [4.78, 5) is 4.29. The monoisotopic (exact) mass is 279 g/mol. The maximum absolute atomic E-state index is 5.62. The lowest BCUT2D eigenvalue weighted by Crippen LogP contribution is -2.00. The molecule has 0 saturated carbocycles. The Morgan fingerprint density at radius 2 is 2.12 bits per heavy atom. The first-order chi connectivity index (χ1) is 7.63. The Balaban J connectivity index is 2.49. The molecule has 0 spiro atoms. The highest BCUT2D eigenvalue weighted by Gasteiger charge is 2.06. The van der Waals surface area contributed by atoms with E-state index in [1.807, 2.05) is 19.3 Å². The Bertz CT molecular complexity index is 517. The summed E-state index contributed by atoms with van der Waals surface area (Å²) in [5.41, 5.74) is 10.0. The van der Waals surface area contributed by atoms with Crippen molar-refractivity contribution in [1.82, 2.24) is 9.55 Å². The third-order valence-electron chi connectivity index (χ3n) is 2.79. The molecule has 0 bridgehead atoms. The lowest BCUT2D eigenvalue weighted by atomic mass is 10.2. The Morgan fingerprint density at radius 3 is 2.62 bits per heavy atom. The Labute approximate surface area is 103 Å². The molecule has 0 amide bonds. The Morgan fingerprint density at radius 1 is 1.38 bits per heavy atom. The molecule has 0 aliphatic heterocycles. The molecule has 0 aliphatic rings. The topological polar surface area (TPSA) is 43.8 Å². The molecule has 4 heteroatoms. The second-order valence-electron chi connectivity index (χ2n) is 3.77. The van der Waals surface area contributed by atoms with E-state index >= 15 is 0 Å². The fraction of sp³-hybridized carbons (Fsp3) is 0.250. The van der Waals surface area contributed by atoms with Crippen LogP contribution < -0.4 is 5.73 Å². The highest BCUT2D eigenvalue weighted by molar-refractivity contribution is 9.10.